The van der Waals surface area contributed by atoms with Gasteiger partial charge in [0.05, 0.1) is 7.11 Å². The van der Waals surface area contributed by atoms with E-state index in [2.05, 4.69) is 10.1 Å². The number of phenolic OH excluding ortho intramolecular Hbond substituents is 1. The molecule has 0 radical (unpaired) electrons. The number of fused-ring (bicyclic) bond motifs is 1. The molecule has 0 saturated heterocycles. The van der Waals surface area contributed by atoms with Gasteiger partial charge >= 0.3 is 5.97 Å². The lowest BCUT2D eigenvalue weighted by atomic mass is 9.98. The first kappa shape index (κ1) is 9.83. The molecule has 1 aromatic carbocycles. The molecule has 0 aromatic heterocycles. The standard InChI is InChI=1S/C11H13NO3/c1-15-11(14)10-4-2-7-6-8(13)3-5-9(7)12-10/h3,5-6,10,12-13H,2,4H2,1H3/t10-/m0/s1. The van der Waals surface area contributed by atoms with Crippen LogP contribution in [0.2, 0.25) is 0 Å². The first-order valence-electron chi connectivity index (χ1n) is 4.87. The van der Waals surface area contributed by atoms with E-state index in [0.29, 0.717) is 6.42 Å². The van der Waals surface area contributed by atoms with Crippen LogP contribution < -0.4 is 5.32 Å². The number of hydrogen-bond acceptors (Lipinski definition) is 4. The summed E-state index contributed by atoms with van der Waals surface area (Å²) in [5, 5.41) is 12.4. The monoisotopic (exact) mass is 207 g/mol. The molecule has 0 amide bonds. The van der Waals surface area contributed by atoms with E-state index in [9.17, 15) is 9.90 Å². The molecule has 1 aliphatic rings. The molecule has 1 aliphatic heterocycles. The van der Waals surface area contributed by atoms with Crippen LogP contribution in [-0.4, -0.2) is 24.2 Å². The number of aromatic hydroxyl groups is 1. The normalized spacial score (nSPS) is 18.9. The molecule has 0 saturated carbocycles. The summed E-state index contributed by atoms with van der Waals surface area (Å²) in [6.07, 6.45) is 1.47. The van der Waals surface area contributed by atoms with Gasteiger partial charge in [-0.15, -0.1) is 0 Å². The molecule has 15 heavy (non-hydrogen) atoms. The van der Waals surface area contributed by atoms with Gasteiger partial charge in [-0.2, -0.15) is 0 Å². The first-order chi connectivity index (χ1) is 7.20. The maximum absolute atomic E-state index is 11.3. The van der Waals surface area contributed by atoms with Gasteiger partial charge in [0.25, 0.3) is 0 Å². The van der Waals surface area contributed by atoms with Gasteiger partial charge in [0, 0.05) is 5.69 Å². The zero-order valence-corrected chi connectivity index (χ0v) is 8.49. The number of benzene rings is 1. The summed E-state index contributed by atoms with van der Waals surface area (Å²) in [5.74, 6) is 0.0146. The topological polar surface area (TPSA) is 58.6 Å². The average Bonchev–Trinajstić information content (AvgIpc) is 2.27. The number of carbonyl (C=O) groups excluding carboxylic acids is 1. The number of aryl methyl sites for hydroxylation is 1. The van der Waals surface area contributed by atoms with Crippen LogP contribution in [0, 0.1) is 0 Å². The van der Waals surface area contributed by atoms with Crippen LogP contribution in [0.25, 0.3) is 0 Å². The molecule has 1 heterocycles. The van der Waals surface area contributed by atoms with Gasteiger partial charge in [-0.25, -0.2) is 4.79 Å². The minimum absolute atomic E-state index is 0.242. The minimum Gasteiger partial charge on any atom is -0.508 e. The van der Waals surface area contributed by atoms with E-state index in [4.69, 9.17) is 0 Å². The fourth-order valence-electron chi connectivity index (χ4n) is 1.81. The molecule has 1 aromatic rings. The number of hydrogen-bond donors (Lipinski definition) is 2. The fourth-order valence-corrected chi connectivity index (χ4v) is 1.81. The van der Waals surface area contributed by atoms with Gasteiger partial charge in [0.15, 0.2) is 0 Å². The summed E-state index contributed by atoms with van der Waals surface area (Å²) in [7, 11) is 1.39. The molecule has 0 bridgehead atoms. The van der Waals surface area contributed by atoms with Crippen LogP contribution >= 0.6 is 0 Å². The lowest BCUT2D eigenvalue weighted by Crippen LogP contribution is -2.34. The van der Waals surface area contributed by atoms with Crippen molar-refractivity contribution < 1.29 is 14.6 Å². The Balaban J connectivity index is 2.20. The highest BCUT2D eigenvalue weighted by Gasteiger charge is 2.24. The molecule has 0 fully saturated rings. The fraction of sp³-hybridized carbons (Fsp3) is 0.364. The molecular formula is C11H13NO3. The highest BCUT2D eigenvalue weighted by Crippen LogP contribution is 2.28. The predicted octanol–water partition coefficient (Wildman–Crippen LogP) is 1.29. The summed E-state index contributed by atoms with van der Waals surface area (Å²) >= 11 is 0. The smallest absolute Gasteiger partial charge is 0.328 e. The second kappa shape index (κ2) is 3.81. The summed E-state index contributed by atoms with van der Waals surface area (Å²) < 4.78 is 4.68. The molecule has 0 aliphatic carbocycles. The van der Waals surface area contributed by atoms with E-state index in [1.807, 2.05) is 0 Å². The van der Waals surface area contributed by atoms with Crippen LogP contribution in [-0.2, 0) is 16.0 Å². The molecule has 4 nitrogen and oxygen atoms in total. The van der Waals surface area contributed by atoms with Crippen molar-refractivity contribution in [1.82, 2.24) is 0 Å². The Kier molecular flexibility index (Phi) is 2.49. The number of anilines is 1. The Hall–Kier alpha value is -1.71. The van der Waals surface area contributed by atoms with Crippen molar-refractivity contribution in [2.75, 3.05) is 12.4 Å². The van der Waals surface area contributed by atoms with Gasteiger partial charge in [0.1, 0.15) is 11.8 Å². The number of esters is 1. The van der Waals surface area contributed by atoms with E-state index >= 15 is 0 Å². The molecule has 0 spiro atoms. The van der Waals surface area contributed by atoms with E-state index in [-0.39, 0.29) is 17.8 Å². The van der Waals surface area contributed by atoms with E-state index in [0.717, 1.165) is 17.7 Å². The third kappa shape index (κ3) is 1.88. The van der Waals surface area contributed by atoms with Crippen molar-refractivity contribution >= 4 is 11.7 Å². The number of phenols is 1. The van der Waals surface area contributed by atoms with E-state index in [1.165, 1.54) is 7.11 Å². The van der Waals surface area contributed by atoms with Crippen molar-refractivity contribution in [3.63, 3.8) is 0 Å². The Morgan fingerprint density at radius 1 is 1.60 bits per heavy atom. The van der Waals surface area contributed by atoms with Crippen LogP contribution in [0.1, 0.15) is 12.0 Å². The summed E-state index contributed by atoms with van der Waals surface area (Å²) in [4.78, 5) is 11.3. The molecule has 80 valence electrons. The molecular weight excluding hydrogens is 194 g/mol. The Labute approximate surface area is 87.9 Å². The maximum Gasteiger partial charge on any atom is 0.328 e. The molecule has 2 rings (SSSR count). The van der Waals surface area contributed by atoms with Gasteiger partial charge in [-0.05, 0) is 36.6 Å². The molecule has 0 unspecified atom stereocenters. The Morgan fingerprint density at radius 2 is 2.40 bits per heavy atom. The minimum atomic E-state index is -0.271. The van der Waals surface area contributed by atoms with Crippen molar-refractivity contribution in [2.24, 2.45) is 0 Å². The lowest BCUT2D eigenvalue weighted by Gasteiger charge is -2.25. The third-order valence-electron chi connectivity index (χ3n) is 2.61. The van der Waals surface area contributed by atoms with Crippen molar-refractivity contribution in [3.05, 3.63) is 23.8 Å². The molecule has 1 atom stereocenters. The van der Waals surface area contributed by atoms with E-state index < -0.39 is 0 Å². The number of carbonyl (C=O) groups is 1. The predicted molar refractivity (Wildman–Crippen MR) is 55.9 cm³/mol. The largest absolute Gasteiger partial charge is 0.508 e. The quantitative estimate of drug-likeness (QED) is 0.538. The molecule has 2 N–H and O–H groups in total. The van der Waals surface area contributed by atoms with Crippen molar-refractivity contribution in [2.45, 2.75) is 18.9 Å². The zero-order chi connectivity index (χ0) is 10.8. The molecule has 4 heteroatoms. The lowest BCUT2D eigenvalue weighted by molar-refractivity contribution is -0.141. The van der Waals surface area contributed by atoms with Gasteiger partial charge in [0.2, 0.25) is 0 Å². The van der Waals surface area contributed by atoms with Gasteiger partial charge in [-0.1, -0.05) is 0 Å². The number of methoxy groups -OCH3 is 1. The second-order valence-corrected chi connectivity index (χ2v) is 3.60. The zero-order valence-electron chi connectivity index (χ0n) is 8.49. The number of ether oxygens (including phenoxy) is 1. The summed E-state index contributed by atoms with van der Waals surface area (Å²) in [6, 6.07) is 4.83. The van der Waals surface area contributed by atoms with Crippen LogP contribution in [0.15, 0.2) is 18.2 Å². The Morgan fingerprint density at radius 3 is 3.13 bits per heavy atom. The Bertz CT molecular complexity index is 389. The van der Waals surface area contributed by atoms with Gasteiger partial charge < -0.3 is 15.2 Å². The van der Waals surface area contributed by atoms with Crippen molar-refractivity contribution in [1.29, 1.82) is 0 Å². The van der Waals surface area contributed by atoms with Crippen molar-refractivity contribution in [3.8, 4) is 5.75 Å². The summed E-state index contributed by atoms with van der Waals surface area (Å²) in [6.45, 7) is 0. The third-order valence-corrected chi connectivity index (χ3v) is 2.61. The number of rotatable bonds is 1. The SMILES string of the molecule is COC(=O)[C@@H]1CCc2cc(O)ccc2N1. The average molecular weight is 207 g/mol. The van der Waals surface area contributed by atoms with Gasteiger partial charge in [-0.3, -0.25) is 0 Å². The van der Waals surface area contributed by atoms with Crippen LogP contribution in [0.3, 0.4) is 0 Å². The maximum atomic E-state index is 11.3. The van der Waals surface area contributed by atoms with Crippen LogP contribution in [0.4, 0.5) is 5.69 Å². The second-order valence-electron chi connectivity index (χ2n) is 3.60. The highest BCUT2D eigenvalue weighted by molar-refractivity contribution is 5.80. The first-order valence-corrected chi connectivity index (χ1v) is 4.87. The highest BCUT2D eigenvalue weighted by atomic mass is 16.5. The summed E-state index contributed by atoms with van der Waals surface area (Å²) in [5.41, 5.74) is 1.93. The van der Waals surface area contributed by atoms with E-state index in [1.54, 1.807) is 18.2 Å². The van der Waals surface area contributed by atoms with Crippen LogP contribution in [0.5, 0.6) is 5.75 Å². The number of nitrogens with one attached hydrogen (secondary N) is 1.